The zero-order valence-electron chi connectivity index (χ0n) is 13.4. The van der Waals surface area contributed by atoms with Gasteiger partial charge in [0.15, 0.2) is 0 Å². The Morgan fingerprint density at radius 1 is 1.35 bits per heavy atom. The summed E-state index contributed by atoms with van der Waals surface area (Å²) in [7, 11) is 3.94. The van der Waals surface area contributed by atoms with Gasteiger partial charge in [-0.05, 0) is 51.3 Å². The van der Waals surface area contributed by atoms with Gasteiger partial charge in [0.25, 0.3) is 0 Å². The van der Waals surface area contributed by atoms with Gasteiger partial charge in [-0.25, -0.2) is 4.39 Å². The summed E-state index contributed by atoms with van der Waals surface area (Å²) >= 11 is 3.28. The molecular formula is C17H21BrFN3O. The molecule has 0 fully saturated rings. The van der Waals surface area contributed by atoms with E-state index in [1.54, 1.807) is 17.0 Å². The van der Waals surface area contributed by atoms with Crippen LogP contribution in [0.4, 0.5) is 4.39 Å². The molecule has 0 spiro atoms. The van der Waals surface area contributed by atoms with Crippen LogP contribution in [-0.2, 0) is 4.79 Å². The maximum atomic E-state index is 13.7. The first-order chi connectivity index (χ1) is 10.9. The van der Waals surface area contributed by atoms with Crippen LogP contribution in [0.3, 0.4) is 0 Å². The molecular weight excluding hydrogens is 361 g/mol. The van der Waals surface area contributed by atoms with E-state index < -0.39 is 0 Å². The lowest BCUT2D eigenvalue weighted by Crippen LogP contribution is -2.33. The third kappa shape index (κ3) is 7.40. The Labute approximate surface area is 145 Å². The first-order valence-electron chi connectivity index (χ1n) is 7.37. The van der Waals surface area contributed by atoms with Crippen LogP contribution in [-0.4, -0.2) is 49.4 Å². The summed E-state index contributed by atoms with van der Waals surface area (Å²) in [5.41, 5.74) is 0.348. The molecule has 0 saturated carbocycles. The average molecular weight is 382 g/mol. The van der Waals surface area contributed by atoms with Crippen molar-refractivity contribution in [1.29, 1.82) is 5.26 Å². The van der Waals surface area contributed by atoms with E-state index in [2.05, 4.69) is 15.9 Å². The Morgan fingerprint density at radius 3 is 2.74 bits per heavy atom. The van der Waals surface area contributed by atoms with Crippen molar-refractivity contribution in [2.75, 3.05) is 33.7 Å². The fraction of sp³-hybridized carbons (Fsp3) is 0.412. The molecule has 0 radical (unpaired) electrons. The highest BCUT2D eigenvalue weighted by atomic mass is 79.9. The normalized spacial score (nSPS) is 11.0. The third-order valence-corrected chi connectivity index (χ3v) is 3.70. The van der Waals surface area contributed by atoms with Crippen molar-refractivity contribution >= 4 is 27.9 Å². The van der Waals surface area contributed by atoms with Gasteiger partial charge >= 0.3 is 0 Å². The first kappa shape index (κ1) is 19.3. The molecule has 0 N–H and O–H groups in total. The number of rotatable bonds is 8. The largest absolute Gasteiger partial charge is 0.338 e. The summed E-state index contributed by atoms with van der Waals surface area (Å²) in [6.07, 6.45) is 3.93. The van der Waals surface area contributed by atoms with Crippen molar-refractivity contribution in [3.63, 3.8) is 0 Å². The molecule has 23 heavy (non-hydrogen) atoms. The number of halogens is 2. The van der Waals surface area contributed by atoms with Crippen molar-refractivity contribution in [1.82, 2.24) is 9.80 Å². The minimum Gasteiger partial charge on any atom is -0.338 e. The van der Waals surface area contributed by atoms with E-state index in [0.29, 0.717) is 18.7 Å². The number of carbonyl (C=O) groups excluding carboxylic acids is 1. The van der Waals surface area contributed by atoms with Crippen LogP contribution >= 0.6 is 15.9 Å². The van der Waals surface area contributed by atoms with Gasteiger partial charge < -0.3 is 9.80 Å². The SMILES string of the molecule is CN(C)CCCN(CCC#N)C(=O)C=Cc1cc(Br)ccc1F. The summed E-state index contributed by atoms with van der Waals surface area (Å²) < 4.78 is 14.4. The minimum absolute atomic E-state index is 0.210. The van der Waals surface area contributed by atoms with Crippen LogP contribution in [0.5, 0.6) is 0 Å². The standard InChI is InChI=1S/C17H21BrFN3O/c1-21(2)10-4-12-22(11-3-9-20)17(23)8-5-14-13-15(18)6-7-16(14)19/h5-8,13H,3-4,10-12H2,1-2H3. The van der Waals surface area contributed by atoms with Gasteiger partial charge in [-0.1, -0.05) is 15.9 Å². The smallest absolute Gasteiger partial charge is 0.246 e. The van der Waals surface area contributed by atoms with Crippen LogP contribution in [0.15, 0.2) is 28.7 Å². The Morgan fingerprint density at radius 2 is 2.09 bits per heavy atom. The average Bonchev–Trinajstić information content (AvgIpc) is 2.50. The summed E-state index contributed by atoms with van der Waals surface area (Å²) in [4.78, 5) is 15.9. The van der Waals surface area contributed by atoms with Gasteiger partial charge in [-0.15, -0.1) is 0 Å². The molecule has 0 saturated heterocycles. The molecule has 0 aromatic heterocycles. The lowest BCUT2D eigenvalue weighted by atomic mass is 10.2. The van der Waals surface area contributed by atoms with Crippen LogP contribution in [0, 0.1) is 17.1 Å². The predicted octanol–water partition coefficient (Wildman–Crippen LogP) is 3.30. The summed E-state index contributed by atoms with van der Waals surface area (Å²) in [5, 5.41) is 8.72. The number of nitriles is 1. The predicted molar refractivity (Wildman–Crippen MR) is 93.1 cm³/mol. The van der Waals surface area contributed by atoms with Crippen LogP contribution in [0.1, 0.15) is 18.4 Å². The molecule has 0 bridgehead atoms. The van der Waals surface area contributed by atoms with E-state index in [1.807, 2.05) is 25.1 Å². The zero-order chi connectivity index (χ0) is 17.2. The van der Waals surface area contributed by atoms with Gasteiger partial charge in [0.1, 0.15) is 5.82 Å². The molecule has 1 rings (SSSR count). The second-order valence-corrected chi connectivity index (χ2v) is 6.31. The second-order valence-electron chi connectivity index (χ2n) is 5.39. The lowest BCUT2D eigenvalue weighted by Gasteiger charge is -2.21. The third-order valence-electron chi connectivity index (χ3n) is 3.20. The van der Waals surface area contributed by atoms with Gasteiger partial charge in [-0.2, -0.15) is 5.26 Å². The van der Waals surface area contributed by atoms with Crippen molar-refractivity contribution < 1.29 is 9.18 Å². The quantitative estimate of drug-likeness (QED) is 0.649. The molecule has 1 aromatic rings. The minimum atomic E-state index is -0.381. The van der Waals surface area contributed by atoms with Crippen molar-refractivity contribution in [3.05, 3.63) is 40.1 Å². The Hall–Kier alpha value is -1.71. The van der Waals surface area contributed by atoms with E-state index in [4.69, 9.17) is 5.26 Å². The Bertz CT molecular complexity index is 596. The molecule has 6 heteroatoms. The maximum absolute atomic E-state index is 13.7. The van der Waals surface area contributed by atoms with E-state index in [-0.39, 0.29) is 18.1 Å². The van der Waals surface area contributed by atoms with Gasteiger partial charge in [0.05, 0.1) is 12.5 Å². The Kier molecular flexibility index (Phi) is 8.52. The van der Waals surface area contributed by atoms with Crippen LogP contribution in [0.2, 0.25) is 0 Å². The van der Waals surface area contributed by atoms with Crippen LogP contribution in [0.25, 0.3) is 6.08 Å². The molecule has 0 unspecified atom stereocenters. The lowest BCUT2D eigenvalue weighted by molar-refractivity contribution is -0.126. The molecule has 0 atom stereocenters. The number of amides is 1. The Balaban J connectivity index is 2.73. The van der Waals surface area contributed by atoms with Crippen LogP contribution < -0.4 is 0 Å². The van der Waals surface area contributed by atoms with E-state index >= 15 is 0 Å². The van der Waals surface area contributed by atoms with Crippen molar-refractivity contribution in [3.8, 4) is 6.07 Å². The molecule has 0 aliphatic heterocycles. The van der Waals surface area contributed by atoms with E-state index in [9.17, 15) is 9.18 Å². The maximum Gasteiger partial charge on any atom is 0.246 e. The number of hydrogen-bond acceptors (Lipinski definition) is 3. The number of nitrogens with zero attached hydrogens (tertiary/aromatic N) is 3. The monoisotopic (exact) mass is 381 g/mol. The van der Waals surface area contributed by atoms with Crippen molar-refractivity contribution in [2.45, 2.75) is 12.8 Å². The second kappa shape index (κ2) is 10.1. The van der Waals surface area contributed by atoms with E-state index in [0.717, 1.165) is 17.4 Å². The summed E-state index contributed by atoms with van der Waals surface area (Å²) in [5.74, 6) is -0.591. The van der Waals surface area contributed by atoms with Gasteiger partial charge in [0.2, 0.25) is 5.91 Å². The number of benzene rings is 1. The topological polar surface area (TPSA) is 47.3 Å². The highest BCUT2D eigenvalue weighted by Gasteiger charge is 2.10. The molecule has 1 amide bonds. The fourth-order valence-electron chi connectivity index (χ4n) is 2.00. The zero-order valence-corrected chi connectivity index (χ0v) is 15.0. The van der Waals surface area contributed by atoms with E-state index in [1.165, 1.54) is 18.2 Å². The highest BCUT2D eigenvalue weighted by molar-refractivity contribution is 9.10. The first-order valence-corrected chi connectivity index (χ1v) is 8.17. The fourth-order valence-corrected chi connectivity index (χ4v) is 2.38. The summed E-state index contributed by atoms with van der Waals surface area (Å²) in [6.45, 7) is 1.82. The molecule has 124 valence electrons. The summed E-state index contributed by atoms with van der Waals surface area (Å²) in [6, 6.07) is 6.62. The molecule has 0 aliphatic rings. The molecule has 0 heterocycles. The molecule has 4 nitrogen and oxygen atoms in total. The molecule has 0 aliphatic carbocycles. The number of hydrogen-bond donors (Lipinski definition) is 0. The van der Waals surface area contributed by atoms with Gasteiger partial charge in [0, 0.05) is 29.2 Å². The molecule has 1 aromatic carbocycles. The number of carbonyl (C=O) groups is 1. The highest BCUT2D eigenvalue weighted by Crippen LogP contribution is 2.16. The van der Waals surface area contributed by atoms with Crippen molar-refractivity contribution in [2.24, 2.45) is 0 Å². The van der Waals surface area contributed by atoms with Gasteiger partial charge in [-0.3, -0.25) is 4.79 Å².